The summed E-state index contributed by atoms with van der Waals surface area (Å²) in [4.78, 5) is 34.3. The molecule has 0 unspecified atom stereocenters. The summed E-state index contributed by atoms with van der Waals surface area (Å²) in [5.74, 6) is 0.509. The molecule has 0 saturated carbocycles. The number of hydrogen-bond acceptors (Lipinski definition) is 8. The Bertz CT molecular complexity index is 1640. The maximum atomic E-state index is 13.9. The lowest BCUT2D eigenvalue weighted by molar-refractivity contribution is -0.139. The molecule has 2 aromatic carbocycles. The van der Waals surface area contributed by atoms with E-state index in [0.717, 1.165) is 15.7 Å². The number of carbonyl (C=O) groups is 1. The molecule has 0 radical (unpaired) electrons. The van der Waals surface area contributed by atoms with E-state index in [1.54, 1.807) is 37.7 Å². The zero-order valence-electron chi connectivity index (χ0n) is 22.5. The lowest BCUT2D eigenvalue weighted by Gasteiger charge is -2.26. The van der Waals surface area contributed by atoms with E-state index in [0.29, 0.717) is 48.7 Å². The quantitative estimate of drug-likeness (QED) is 0.319. The minimum atomic E-state index is -0.788. The predicted octanol–water partition coefficient (Wildman–Crippen LogP) is 4.80. The second-order valence-electron chi connectivity index (χ2n) is 8.87. The number of rotatable bonds is 8. The Morgan fingerprint density at radius 1 is 1.13 bits per heavy atom. The number of hydrogen-bond donors (Lipinski definition) is 0. The number of anilines is 1. The predicted molar refractivity (Wildman–Crippen MR) is 161 cm³/mol. The molecule has 0 saturated heterocycles. The van der Waals surface area contributed by atoms with Gasteiger partial charge in [0.2, 0.25) is 0 Å². The normalized spacial score (nSPS) is 15.1. The largest absolute Gasteiger partial charge is 0.493 e. The van der Waals surface area contributed by atoms with Crippen LogP contribution in [-0.2, 0) is 9.53 Å². The third-order valence-corrected chi connectivity index (χ3v) is 8.45. The van der Waals surface area contributed by atoms with Crippen molar-refractivity contribution in [1.29, 1.82) is 0 Å². The number of allylic oxidation sites excluding steroid dienone is 1. The molecule has 206 valence electrons. The number of halogens is 2. The fourth-order valence-electron chi connectivity index (χ4n) is 4.40. The first kappa shape index (κ1) is 29.1. The molecule has 0 spiro atoms. The van der Waals surface area contributed by atoms with Gasteiger partial charge in [0.1, 0.15) is 0 Å². The van der Waals surface area contributed by atoms with Crippen molar-refractivity contribution in [2.24, 2.45) is 4.99 Å². The average molecular weight is 679 g/mol. The molecule has 39 heavy (non-hydrogen) atoms. The van der Waals surface area contributed by atoms with Crippen molar-refractivity contribution in [2.75, 3.05) is 39.3 Å². The van der Waals surface area contributed by atoms with Crippen LogP contribution in [0.25, 0.3) is 6.08 Å². The summed E-state index contributed by atoms with van der Waals surface area (Å²) in [5, 5.41) is 0. The lowest BCUT2D eigenvalue weighted by atomic mass is 9.95. The zero-order valence-corrected chi connectivity index (χ0v) is 26.5. The van der Waals surface area contributed by atoms with Crippen LogP contribution in [0.3, 0.4) is 0 Å². The molecular formula is C28H29Br2N3O5S. The molecule has 4 rings (SSSR count). The van der Waals surface area contributed by atoms with Gasteiger partial charge in [0.15, 0.2) is 16.3 Å². The van der Waals surface area contributed by atoms with Crippen LogP contribution in [0.5, 0.6) is 11.5 Å². The van der Waals surface area contributed by atoms with Gasteiger partial charge >= 0.3 is 5.97 Å². The Labute approximate surface area is 247 Å². The van der Waals surface area contributed by atoms with Crippen molar-refractivity contribution in [3.63, 3.8) is 0 Å². The Balaban J connectivity index is 1.97. The first-order valence-corrected chi connectivity index (χ1v) is 14.7. The summed E-state index contributed by atoms with van der Waals surface area (Å²) in [6.45, 7) is 6.03. The molecule has 2 heterocycles. The lowest BCUT2D eigenvalue weighted by Crippen LogP contribution is -2.40. The van der Waals surface area contributed by atoms with E-state index in [9.17, 15) is 9.59 Å². The highest BCUT2D eigenvalue weighted by Gasteiger charge is 2.35. The number of aromatic nitrogens is 1. The average Bonchev–Trinajstić information content (AvgIpc) is 3.17. The molecule has 1 aromatic heterocycles. The number of ether oxygens (including phenoxy) is 3. The Hall–Kier alpha value is -2.89. The molecule has 0 fully saturated rings. The molecular weight excluding hydrogens is 650 g/mol. The standard InChI is InChI=1S/C28H29Br2N3O5S/c1-7-37-22-14-18(29)17(13-21(22)36-6)25-24(27(35)38-8-2)15(3)31-28-33(25)26(34)23(39-28)12-16-9-10-20(32(4)5)19(30)11-16/h9-14,25H,7-8H2,1-6H3/b23-12+/t25-/m0/s1. The molecule has 8 nitrogen and oxygen atoms in total. The highest BCUT2D eigenvalue weighted by molar-refractivity contribution is 9.11. The maximum Gasteiger partial charge on any atom is 0.338 e. The Kier molecular flexibility index (Phi) is 9.03. The summed E-state index contributed by atoms with van der Waals surface area (Å²) >= 11 is 8.54. The fourth-order valence-corrected chi connectivity index (χ4v) is 6.74. The van der Waals surface area contributed by atoms with Crippen LogP contribution < -0.4 is 29.3 Å². The topological polar surface area (TPSA) is 82.4 Å². The van der Waals surface area contributed by atoms with Gasteiger partial charge in [-0.3, -0.25) is 9.36 Å². The summed E-state index contributed by atoms with van der Waals surface area (Å²) in [6, 6.07) is 8.70. The monoisotopic (exact) mass is 677 g/mol. The molecule has 0 amide bonds. The Morgan fingerprint density at radius 2 is 1.87 bits per heavy atom. The number of carbonyl (C=O) groups excluding carboxylic acids is 1. The highest BCUT2D eigenvalue weighted by atomic mass is 79.9. The van der Waals surface area contributed by atoms with Crippen LogP contribution >= 0.6 is 43.2 Å². The molecule has 1 aliphatic heterocycles. The van der Waals surface area contributed by atoms with E-state index < -0.39 is 12.0 Å². The van der Waals surface area contributed by atoms with Gasteiger partial charge in [-0.1, -0.05) is 33.3 Å². The molecule has 0 aliphatic carbocycles. The highest BCUT2D eigenvalue weighted by Crippen LogP contribution is 2.41. The van der Waals surface area contributed by atoms with E-state index in [1.807, 2.05) is 50.2 Å². The van der Waals surface area contributed by atoms with Crippen LogP contribution in [0.2, 0.25) is 0 Å². The molecule has 3 aromatic rings. The van der Waals surface area contributed by atoms with Gasteiger partial charge in [0, 0.05) is 23.0 Å². The van der Waals surface area contributed by atoms with Gasteiger partial charge in [0.25, 0.3) is 5.56 Å². The first-order valence-electron chi connectivity index (χ1n) is 12.3. The Morgan fingerprint density at radius 3 is 2.49 bits per heavy atom. The van der Waals surface area contributed by atoms with Crippen LogP contribution in [0.4, 0.5) is 5.69 Å². The summed E-state index contributed by atoms with van der Waals surface area (Å²) < 4.78 is 20.3. The van der Waals surface area contributed by atoms with Crippen molar-refractivity contribution < 1.29 is 19.0 Å². The van der Waals surface area contributed by atoms with E-state index in [2.05, 4.69) is 36.9 Å². The van der Waals surface area contributed by atoms with E-state index in [4.69, 9.17) is 14.2 Å². The molecule has 0 bridgehead atoms. The summed E-state index contributed by atoms with van der Waals surface area (Å²) in [7, 11) is 5.48. The molecule has 1 aliphatic rings. The fraction of sp³-hybridized carbons (Fsp3) is 0.321. The van der Waals surface area contributed by atoms with Crippen LogP contribution in [0, 0.1) is 0 Å². The van der Waals surface area contributed by atoms with Gasteiger partial charge in [0.05, 0.1) is 47.9 Å². The second-order valence-corrected chi connectivity index (χ2v) is 11.6. The zero-order chi connectivity index (χ0) is 28.4. The first-order chi connectivity index (χ1) is 18.6. The van der Waals surface area contributed by atoms with Crippen LogP contribution in [-0.4, -0.2) is 45.0 Å². The van der Waals surface area contributed by atoms with Crippen molar-refractivity contribution in [2.45, 2.75) is 26.8 Å². The number of nitrogens with zero attached hydrogens (tertiary/aromatic N) is 3. The van der Waals surface area contributed by atoms with Gasteiger partial charge in [-0.05, 0) is 78.2 Å². The number of methoxy groups -OCH3 is 1. The smallest absolute Gasteiger partial charge is 0.338 e. The minimum absolute atomic E-state index is 0.193. The number of benzene rings is 2. The van der Waals surface area contributed by atoms with Crippen molar-refractivity contribution in [3.05, 3.63) is 81.4 Å². The summed E-state index contributed by atoms with van der Waals surface area (Å²) in [6.07, 6.45) is 1.84. The van der Waals surface area contributed by atoms with Gasteiger partial charge in [-0.25, -0.2) is 9.79 Å². The van der Waals surface area contributed by atoms with E-state index in [-0.39, 0.29) is 12.2 Å². The van der Waals surface area contributed by atoms with E-state index >= 15 is 0 Å². The number of fused-ring (bicyclic) bond motifs is 1. The second kappa shape index (κ2) is 12.1. The summed E-state index contributed by atoms with van der Waals surface area (Å²) in [5.41, 5.74) is 3.06. The number of thiazole rings is 1. The van der Waals surface area contributed by atoms with Crippen LogP contribution in [0.15, 0.2) is 60.3 Å². The molecule has 11 heteroatoms. The number of esters is 1. The van der Waals surface area contributed by atoms with Gasteiger partial charge in [-0.15, -0.1) is 0 Å². The van der Waals surface area contributed by atoms with Crippen molar-refractivity contribution >= 4 is 60.9 Å². The maximum absolute atomic E-state index is 13.9. The van der Waals surface area contributed by atoms with Gasteiger partial charge in [-0.2, -0.15) is 0 Å². The third kappa shape index (κ3) is 5.71. The van der Waals surface area contributed by atoms with Gasteiger partial charge < -0.3 is 19.1 Å². The van der Waals surface area contributed by atoms with Crippen molar-refractivity contribution in [3.8, 4) is 11.5 Å². The van der Waals surface area contributed by atoms with Crippen molar-refractivity contribution in [1.82, 2.24) is 4.57 Å². The van der Waals surface area contributed by atoms with Crippen LogP contribution in [0.1, 0.15) is 37.9 Å². The SMILES string of the molecule is CCOC(=O)C1=C(C)N=c2s/c(=C/c3ccc(N(C)C)c(Br)c3)c(=O)n2[C@H]1c1cc(OC)c(OCC)cc1Br. The molecule has 0 N–H and O–H groups in total. The van der Waals surface area contributed by atoms with E-state index in [1.165, 1.54) is 11.3 Å². The third-order valence-electron chi connectivity index (χ3n) is 6.15. The minimum Gasteiger partial charge on any atom is -0.493 e. The molecule has 1 atom stereocenters.